The molecule has 0 saturated carbocycles. The maximum absolute atomic E-state index is 12.2. The molecule has 0 bridgehead atoms. The van der Waals surface area contributed by atoms with Crippen molar-refractivity contribution in [3.8, 4) is 0 Å². The Balaban J connectivity index is 2.06. The van der Waals surface area contributed by atoms with Crippen molar-refractivity contribution in [3.05, 3.63) is 65.5 Å². The van der Waals surface area contributed by atoms with E-state index in [0.29, 0.717) is 6.54 Å². The summed E-state index contributed by atoms with van der Waals surface area (Å²) in [5, 5.41) is 2.97. The first kappa shape index (κ1) is 18.6. The molecule has 4 nitrogen and oxygen atoms in total. The quantitative estimate of drug-likeness (QED) is 0.564. The van der Waals surface area contributed by atoms with Crippen molar-refractivity contribution >= 4 is 54.1 Å². The van der Waals surface area contributed by atoms with E-state index in [2.05, 4.69) is 48.5 Å². The number of nitrogens with two attached hydrogens (primary N) is 1. The van der Waals surface area contributed by atoms with E-state index in [0.717, 1.165) is 38.7 Å². The molecule has 2 aromatic heterocycles. The third-order valence-corrected chi connectivity index (χ3v) is 7.90. The van der Waals surface area contributed by atoms with Gasteiger partial charge in [0.1, 0.15) is 0 Å². The van der Waals surface area contributed by atoms with Crippen LogP contribution in [-0.2, 0) is 6.54 Å². The van der Waals surface area contributed by atoms with Crippen molar-refractivity contribution in [3.63, 3.8) is 0 Å². The summed E-state index contributed by atoms with van der Waals surface area (Å²) in [5.74, 6) is 0. The van der Waals surface area contributed by atoms with Crippen molar-refractivity contribution in [1.29, 1.82) is 0 Å². The maximum Gasteiger partial charge on any atom is 0.189 e. The molecule has 1 aromatic carbocycles. The van der Waals surface area contributed by atoms with E-state index in [1.54, 1.807) is 17.4 Å². The molecule has 0 unspecified atom stereocenters. The van der Waals surface area contributed by atoms with Crippen LogP contribution in [-0.4, -0.2) is 17.8 Å². The van der Waals surface area contributed by atoms with Crippen LogP contribution in [0.4, 0.5) is 0 Å². The van der Waals surface area contributed by atoms with Crippen LogP contribution in [0.15, 0.2) is 49.6 Å². The number of hydrogen-bond acceptors (Lipinski definition) is 4. The van der Waals surface area contributed by atoms with E-state index in [1.165, 1.54) is 10.4 Å². The molecular weight excluding hydrogens is 466 g/mol. The van der Waals surface area contributed by atoms with Crippen LogP contribution in [0.3, 0.4) is 0 Å². The molecule has 0 fully saturated rings. The second-order valence-electron chi connectivity index (χ2n) is 5.81. The lowest BCUT2D eigenvalue weighted by molar-refractivity contribution is 0.578. The van der Waals surface area contributed by atoms with Crippen LogP contribution in [0, 0.1) is 6.92 Å². The summed E-state index contributed by atoms with van der Waals surface area (Å²) in [4.78, 5) is 13.4. The predicted molar refractivity (Wildman–Crippen MR) is 113 cm³/mol. The number of aromatic nitrogens is 1. The average molecular weight is 485 g/mol. The first-order valence-corrected chi connectivity index (χ1v) is 10.4. The minimum Gasteiger partial charge on any atom is -0.330 e. The molecule has 25 heavy (non-hydrogen) atoms. The third kappa shape index (κ3) is 3.84. The molecule has 3 aromatic rings. The lowest BCUT2D eigenvalue weighted by Crippen LogP contribution is -2.36. The first-order chi connectivity index (χ1) is 12.0. The van der Waals surface area contributed by atoms with Crippen LogP contribution in [0.2, 0.25) is 0 Å². The van der Waals surface area contributed by atoms with E-state index in [-0.39, 0.29) is 5.43 Å². The van der Waals surface area contributed by atoms with Gasteiger partial charge in [-0.2, -0.15) is 0 Å². The van der Waals surface area contributed by atoms with Gasteiger partial charge in [0.2, 0.25) is 0 Å². The smallest absolute Gasteiger partial charge is 0.189 e. The molecule has 0 aliphatic heterocycles. The molecule has 132 valence electrons. The molecule has 0 spiro atoms. The van der Waals surface area contributed by atoms with Crippen molar-refractivity contribution in [2.24, 2.45) is 5.73 Å². The Labute approximate surface area is 167 Å². The maximum atomic E-state index is 12.2. The molecular formula is C18H19Br2N3OS. The van der Waals surface area contributed by atoms with Gasteiger partial charge in [-0.1, -0.05) is 12.1 Å². The summed E-state index contributed by atoms with van der Waals surface area (Å²) in [7, 11) is 0. The zero-order valence-electron chi connectivity index (χ0n) is 13.8. The van der Waals surface area contributed by atoms with Crippen LogP contribution in [0.5, 0.6) is 0 Å². The Bertz CT molecular complexity index is 951. The van der Waals surface area contributed by atoms with E-state index in [1.807, 2.05) is 30.5 Å². The summed E-state index contributed by atoms with van der Waals surface area (Å²) in [6.45, 7) is 4.32. The number of pyridine rings is 1. The molecule has 0 aliphatic rings. The summed E-state index contributed by atoms with van der Waals surface area (Å²) in [5.41, 5.74) is 7.94. The van der Waals surface area contributed by atoms with Crippen LogP contribution >= 0.6 is 43.2 Å². The largest absolute Gasteiger partial charge is 0.330 e. The predicted octanol–water partition coefficient (Wildman–Crippen LogP) is 4.38. The zero-order valence-corrected chi connectivity index (χ0v) is 17.8. The Morgan fingerprint density at radius 3 is 2.68 bits per heavy atom. The van der Waals surface area contributed by atoms with Gasteiger partial charge in [-0.15, -0.1) is 11.3 Å². The highest BCUT2D eigenvalue weighted by Gasteiger charge is 2.16. The molecule has 3 rings (SSSR count). The fourth-order valence-corrected chi connectivity index (χ4v) is 5.21. The van der Waals surface area contributed by atoms with Gasteiger partial charge in [-0.25, -0.2) is 0 Å². The SMILES string of the molecule is Cc1c(CN(CCCN)n2ccc(=O)c3ccccc32)sc(Br)c1Br. The first-order valence-electron chi connectivity index (χ1n) is 8.02. The fraction of sp³-hybridized carbons (Fsp3) is 0.278. The van der Waals surface area contributed by atoms with E-state index in [4.69, 9.17) is 5.73 Å². The third-order valence-electron chi connectivity index (χ3n) is 4.17. The number of thiophene rings is 1. The zero-order chi connectivity index (χ0) is 18.0. The van der Waals surface area contributed by atoms with Crippen molar-refractivity contribution in [2.75, 3.05) is 18.1 Å². The highest BCUT2D eigenvalue weighted by Crippen LogP contribution is 2.37. The fourth-order valence-electron chi connectivity index (χ4n) is 2.79. The molecule has 2 heterocycles. The highest BCUT2D eigenvalue weighted by molar-refractivity contribution is 9.13. The molecule has 2 N–H and O–H groups in total. The number of hydrogen-bond donors (Lipinski definition) is 1. The summed E-state index contributed by atoms with van der Waals surface area (Å²) in [6.07, 6.45) is 2.74. The van der Waals surface area contributed by atoms with E-state index >= 15 is 0 Å². The summed E-state index contributed by atoms with van der Waals surface area (Å²) in [6, 6.07) is 9.35. The molecule has 0 saturated heterocycles. The Morgan fingerprint density at radius 1 is 1.24 bits per heavy atom. The highest BCUT2D eigenvalue weighted by atomic mass is 79.9. The van der Waals surface area contributed by atoms with Crippen molar-refractivity contribution in [2.45, 2.75) is 19.9 Å². The van der Waals surface area contributed by atoms with Gasteiger partial charge in [0.25, 0.3) is 0 Å². The Kier molecular flexibility index (Phi) is 5.99. The Morgan fingerprint density at radius 2 is 2.00 bits per heavy atom. The minimum absolute atomic E-state index is 0.0448. The number of fused-ring (bicyclic) bond motifs is 1. The molecule has 0 atom stereocenters. The molecule has 0 aliphatic carbocycles. The minimum atomic E-state index is 0.0448. The van der Waals surface area contributed by atoms with Crippen LogP contribution in [0.1, 0.15) is 16.9 Å². The number of rotatable bonds is 6. The van der Waals surface area contributed by atoms with Gasteiger partial charge in [0.05, 0.1) is 15.8 Å². The number of benzene rings is 1. The Hall–Kier alpha value is -1.15. The normalized spacial score (nSPS) is 11.2. The number of nitrogens with zero attached hydrogens (tertiary/aromatic N) is 2. The average Bonchev–Trinajstić information content (AvgIpc) is 2.86. The number of halogens is 2. The second-order valence-corrected chi connectivity index (χ2v) is 9.03. The molecule has 0 radical (unpaired) electrons. The van der Waals surface area contributed by atoms with Crippen LogP contribution in [0.25, 0.3) is 10.9 Å². The van der Waals surface area contributed by atoms with Gasteiger partial charge < -0.3 is 10.7 Å². The van der Waals surface area contributed by atoms with Crippen molar-refractivity contribution in [1.82, 2.24) is 4.68 Å². The van der Waals surface area contributed by atoms with Gasteiger partial charge in [0, 0.05) is 33.5 Å². The van der Waals surface area contributed by atoms with Gasteiger partial charge in [0.15, 0.2) is 5.43 Å². The van der Waals surface area contributed by atoms with Crippen LogP contribution < -0.4 is 16.2 Å². The van der Waals surface area contributed by atoms with Gasteiger partial charge >= 0.3 is 0 Å². The van der Waals surface area contributed by atoms with Crippen molar-refractivity contribution < 1.29 is 0 Å². The monoisotopic (exact) mass is 483 g/mol. The second kappa shape index (κ2) is 8.03. The van der Waals surface area contributed by atoms with E-state index in [9.17, 15) is 4.79 Å². The number of para-hydroxylation sites is 1. The van der Waals surface area contributed by atoms with E-state index < -0.39 is 0 Å². The summed E-state index contributed by atoms with van der Waals surface area (Å²) < 4.78 is 4.28. The standard InChI is InChI=1S/C18H19Br2N3OS/c1-12-16(25-18(20)17(12)19)11-22(9-4-8-21)23-10-7-15(24)13-5-2-3-6-14(13)23/h2-3,5-7,10H,4,8-9,11,21H2,1H3. The lowest BCUT2D eigenvalue weighted by atomic mass is 10.2. The lowest BCUT2D eigenvalue weighted by Gasteiger charge is -2.28. The molecule has 0 amide bonds. The molecule has 7 heteroatoms. The van der Waals surface area contributed by atoms with Gasteiger partial charge in [-0.3, -0.25) is 9.47 Å². The van der Waals surface area contributed by atoms with Gasteiger partial charge in [-0.05, 0) is 69.4 Å². The summed E-state index contributed by atoms with van der Waals surface area (Å²) >= 11 is 8.95. The topological polar surface area (TPSA) is 51.3 Å².